The minimum absolute atomic E-state index is 0.248. The van der Waals surface area contributed by atoms with E-state index in [1.54, 1.807) is 0 Å². The standard InChI is InChI=1S/C19H14O.C10H8/c1-2-8-14(9-3-1)19-15-10-4-6-12-17(15)20-18-13-7-5-11-16(18)19;1-2-6-10-8-4-3-7-9(10)5-1/h1-13,19H;1-8H. The normalized spacial score (nSPS) is 12.1. The maximum atomic E-state index is 6.03. The van der Waals surface area contributed by atoms with Crippen LogP contribution in [0.2, 0.25) is 0 Å². The second kappa shape index (κ2) is 8.26. The second-order valence-electron chi connectivity index (χ2n) is 7.37. The summed E-state index contributed by atoms with van der Waals surface area (Å²) in [6.45, 7) is 0. The summed E-state index contributed by atoms with van der Waals surface area (Å²) in [7, 11) is 0. The SMILES string of the molecule is c1ccc(C2c3ccccc3Oc3ccccc32)cc1.c1ccc2ccccc2c1. The zero-order valence-electron chi connectivity index (χ0n) is 16.6. The summed E-state index contributed by atoms with van der Waals surface area (Å²) in [6.07, 6.45) is 0. The number of rotatable bonds is 1. The van der Waals surface area contributed by atoms with Gasteiger partial charge in [0.1, 0.15) is 11.5 Å². The topological polar surface area (TPSA) is 9.23 Å². The highest BCUT2D eigenvalue weighted by atomic mass is 16.5. The summed E-state index contributed by atoms with van der Waals surface area (Å²) < 4.78 is 6.03. The van der Waals surface area contributed by atoms with Crippen LogP contribution in [0.1, 0.15) is 22.6 Å². The smallest absolute Gasteiger partial charge is 0.131 e. The lowest BCUT2D eigenvalue weighted by molar-refractivity contribution is 0.453. The minimum atomic E-state index is 0.248. The van der Waals surface area contributed by atoms with Crippen LogP contribution >= 0.6 is 0 Å². The number of fused-ring (bicyclic) bond motifs is 3. The lowest BCUT2D eigenvalue weighted by Gasteiger charge is -2.28. The van der Waals surface area contributed by atoms with Crippen molar-refractivity contribution in [2.24, 2.45) is 0 Å². The van der Waals surface area contributed by atoms with E-state index in [1.165, 1.54) is 27.5 Å². The van der Waals surface area contributed by atoms with Crippen LogP contribution in [0.15, 0.2) is 127 Å². The number of benzene rings is 5. The van der Waals surface area contributed by atoms with Gasteiger partial charge < -0.3 is 4.74 Å². The minimum Gasteiger partial charge on any atom is -0.457 e. The van der Waals surface area contributed by atoms with E-state index >= 15 is 0 Å². The fourth-order valence-electron chi connectivity index (χ4n) is 4.05. The first kappa shape index (κ1) is 18.2. The summed E-state index contributed by atoms with van der Waals surface area (Å²) in [5, 5.41) is 2.62. The summed E-state index contributed by atoms with van der Waals surface area (Å²) in [5.74, 6) is 2.16. The van der Waals surface area contributed by atoms with E-state index < -0.39 is 0 Å². The van der Waals surface area contributed by atoms with Crippen LogP contribution < -0.4 is 4.74 Å². The Hall–Kier alpha value is -3.84. The predicted molar refractivity (Wildman–Crippen MR) is 124 cm³/mol. The Morgan fingerprint density at radius 1 is 0.400 bits per heavy atom. The molecule has 0 aliphatic carbocycles. The maximum absolute atomic E-state index is 6.03. The van der Waals surface area contributed by atoms with E-state index in [2.05, 4.69) is 103 Å². The molecule has 144 valence electrons. The molecule has 1 heteroatoms. The van der Waals surface area contributed by atoms with Gasteiger partial charge in [-0.3, -0.25) is 0 Å². The molecule has 0 amide bonds. The van der Waals surface area contributed by atoms with E-state index in [1.807, 2.05) is 24.3 Å². The Kier molecular flexibility index (Phi) is 5.01. The van der Waals surface area contributed by atoms with Crippen molar-refractivity contribution >= 4 is 10.8 Å². The van der Waals surface area contributed by atoms with Gasteiger partial charge in [-0.05, 0) is 28.5 Å². The van der Waals surface area contributed by atoms with Crippen molar-refractivity contribution in [2.75, 3.05) is 0 Å². The molecule has 5 aromatic carbocycles. The molecule has 0 spiro atoms. The monoisotopic (exact) mass is 386 g/mol. The Labute approximate surface area is 177 Å². The van der Waals surface area contributed by atoms with E-state index in [-0.39, 0.29) is 5.92 Å². The molecule has 0 unspecified atom stereocenters. The van der Waals surface area contributed by atoms with E-state index in [9.17, 15) is 0 Å². The van der Waals surface area contributed by atoms with Crippen molar-refractivity contribution in [1.29, 1.82) is 0 Å². The Bertz CT molecular complexity index is 1160. The quantitative estimate of drug-likeness (QED) is 0.280. The zero-order valence-corrected chi connectivity index (χ0v) is 16.6. The highest BCUT2D eigenvalue weighted by Crippen LogP contribution is 2.46. The molecule has 0 saturated heterocycles. The van der Waals surface area contributed by atoms with Crippen molar-refractivity contribution in [3.8, 4) is 11.5 Å². The van der Waals surface area contributed by atoms with Gasteiger partial charge in [0, 0.05) is 17.0 Å². The Balaban J connectivity index is 0.000000161. The molecule has 0 N–H and O–H groups in total. The van der Waals surface area contributed by atoms with Crippen molar-refractivity contribution in [2.45, 2.75) is 5.92 Å². The van der Waals surface area contributed by atoms with Gasteiger partial charge in [-0.2, -0.15) is 0 Å². The van der Waals surface area contributed by atoms with Gasteiger partial charge in [-0.15, -0.1) is 0 Å². The van der Waals surface area contributed by atoms with Crippen molar-refractivity contribution < 1.29 is 4.74 Å². The predicted octanol–water partition coefficient (Wildman–Crippen LogP) is 7.81. The summed E-state index contributed by atoms with van der Waals surface area (Å²) in [5.41, 5.74) is 3.77. The van der Waals surface area contributed by atoms with E-state index in [0.29, 0.717) is 0 Å². The molecule has 1 aliphatic rings. The number of hydrogen-bond acceptors (Lipinski definition) is 1. The van der Waals surface area contributed by atoms with Crippen LogP contribution in [0.4, 0.5) is 0 Å². The van der Waals surface area contributed by atoms with Gasteiger partial charge in [0.2, 0.25) is 0 Å². The van der Waals surface area contributed by atoms with E-state index in [4.69, 9.17) is 4.74 Å². The first-order valence-corrected chi connectivity index (χ1v) is 10.2. The largest absolute Gasteiger partial charge is 0.457 e. The summed E-state index contributed by atoms with van der Waals surface area (Å²) in [4.78, 5) is 0. The number of para-hydroxylation sites is 2. The average molecular weight is 386 g/mol. The highest BCUT2D eigenvalue weighted by Gasteiger charge is 2.27. The molecule has 30 heavy (non-hydrogen) atoms. The molecule has 6 rings (SSSR count). The van der Waals surface area contributed by atoms with E-state index in [0.717, 1.165) is 11.5 Å². The lowest BCUT2D eigenvalue weighted by Crippen LogP contribution is -2.11. The second-order valence-corrected chi connectivity index (χ2v) is 7.37. The summed E-state index contributed by atoms with van der Waals surface area (Å²) >= 11 is 0. The van der Waals surface area contributed by atoms with Crippen molar-refractivity contribution in [3.63, 3.8) is 0 Å². The summed E-state index contributed by atoms with van der Waals surface area (Å²) in [6, 6.07) is 43.9. The van der Waals surface area contributed by atoms with Gasteiger partial charge in [0.05, 0.1) is 0 Å². The van der Waals surface area contributed by atoms with Crippen molar-refractivity contribution in [3.05, 3.63) is 144 Å². The first-order chi connectivity index (χ1) is 14.9. The molecule has 0 radical (unpaired) electrons. The average Bonchev–Trinajstić information content (AvgIpc) is 2.83. The zero-order chi connectivity index (χ0) is 20.2. The van der Waals surface area contributed by atoms with Crippen LogP contribution in [-0.2, 0) is 0 Å². The molecular weight excluding hydrogens is 364 g/mol. The third-order valence-electron chi connectivity index (χ3n) is 5.47. The number of ether oxygens (including phenoxy) is 1. The number of hydrogen-bond donors (Lipinski definition) is 0. The van der Waals surface area contributed by atoms with Crippen LogP contribution in [0.5, 0.6) is 11.5 Å². The third kappa shape index (κ3) is 3.58. The fraction of sp³-hybridized carbons (Fsp3) is 0.0345. The molecule has 0 bridgehead atoms. The maximum Gasteiger partial charge on any atom is 0.131 e. The molecule has 1 heterocycles. The fourth-order valence-corrected chi connectivity index (χ4v) is 4.05. The van der Waals surface area contributed by atoms with Crippen LogP contribution in [0, 0.1) is 0 Å². The van der Waals surface area contributed by atoms with Crippen LogP contribution in [0.3, 0.4) is 0 Å². The third-order valence-corrected chi connectivity index (χ3v) is 5.47. The van der Waals surface area contributed by atoms with Gasteiger partial charge in [-0.25, -0.2) is 0 Å². The molecule has 0 fully saturated rings. The van der Waals surface area contributed by atoms with Gasteiger partial charge >= 0.3 is 0 Å². The van der Waals surface area contributed by atoms with Crippen LogP contribution in [0.25, 0.3) is 10.8 Å². The van der Waals surface area contributed by atoms with Crippen LogP contribution in [-0.4, -0.2) is 0 Å². The Morgan fingerprint density at radius 3 is 1.30 bits per heavy atom. The lowest BCUT2D eigenvalue weighted by atomic mass is 9.83. The van der Waals surface area contributed by atoms with Gasteiger partial charge in [0.15, 0.2) is 0 Å². The molecule has 0 saturated carbocycles. The van der Waals surface area contributed by atoms with Gasteiger partial charge in [0.25, 0.3) is 0 Å². The molecule has 1 aliphatic heterocycles. The molecule has 1 nitrogen and oxygen atoms in total. The first-order valence-electron chi connectivity index (χ1n) is 10.2. The highest BCUT2D eigenvalue weighted by molar-refractivity contribution is 5.82. The Morgan fingerprint density at radius 2 is 0.800 bits per heavy atom. The molecule has 5 aromatic rings. The molecule has 0 atom stereocenters. The molecular formula is C29H22O. The molecule has 0 aromatic heterocycles. The van der Waals surface area contributed by atoms with Gasteiger partial charge in [-0.1, -0.05) is 115 Å². The van der Waals surface area contributed by atoms with Crippen molar-refractivity contribution in [1.82, 2.24) is 0 Å².